The van der Waals surface area contributed by atoms with Crippen LogP contribution in [0, 0.1) is 5.92 Å². The van der Waals surface area contributed by atoms with E-state index >= 15 is 0 Å². The van der Waals surface area contributed by atoms with Crippen molar-refractivity contribution < 1.29 is 4.79 Å². The van der Waals surface area contributed by atoms with Gasteiger partial charge in [0.15, 0.2) is 0 Å². The van der Waals surface area contributed by atoms with Crippen molar-refractivity contribution in [1.29, 1.82) is 0 Å². The van der Waals surface area contributed by atoms with Crippen LogP contribution in [0.4, 0.5) is 0 Å². The molecule has 1 atom stereocenters. The quantitative estimate of drug-likeness (QED) is 0.864. The van der Waals surface area contributed by atoms with Gasteiger partial charge in [-0.1, -0.05) is 20.8 Å². The molecule has 18 heavy (non-hydrogen) atoms. The minimum absolute atomic E-state index is 0. The highest BCUT2D eigenvalue weighted by molar-refractivity contribution is 8.01. The topological polar surface area (TPSA) is 32.3 Å². The molecule has 0 spiro atoms. The number of piperidine rings is 1. The summed E-state index contributed by atoms with van der Waals surface area (Å²) >= 11 is 1.74. The first-order chi connectivity index (χ1) is 7.92. The first-order valence-electron chi connectivity index (χ1n) is 6.48. The Balaban J connectivity index is 0.00000289. The first kappa shape index (κ1) is 18.1. The van der Waals surface area contributed by atoms with Crippen LogP contribution in [0.1, 0.15) is 33.6 Å². The van der Waals surface area contributed by atoms with Crippen molar-refractivity contribution in [3.63, 3.8) is 0 Å². The third-order valence-electron chi connectivity index (χ3n) is 2.99. The Labute approximate surface area is 122 Å². The van der Waals surface area contributed by atoms with Crippen molar-refractivity contribution in [3.05, 3.63) is 0 Å². The van der Waals surface area contributed by atoms with Crippen molar-refractivity contribution in [2.45, 2.75) is 38.4 Å². The molecule has 1 aliphatic heterocycles. The van der Waals surface area contributed by atoms with Gasteiger partial charge in [-0.3, -0.25) is 4.79 Å². The van der Waals surface area contributed by atoms with Gasteiger partial charge in [0.25, 0.3) is 0 Å². The van der Waals surface area contributed by atoms with Gasteiger partial charge in [-0.05, 0) is 32.4 Å². The highest BCUT2D eigenvalue weighted by atomic mass is 35.5. The van der Waals surface area contributed by atoms with E-state index in [2.05, 4.69) is 26.1 Å². The third kappa shape index (κ3) is 6.86. The van der Waals surface area contributed by atoms with Crippen LogP contribution in [-0.2, 0) is 4.79 Å². The Morgan fingerprint density at radius 2 is 2.11 bits per heavy atom. The molecule has 0 aromatic carbocycles. The Bertz CT molecular complexity index is 254. The van der Waals surface area contributed by atoms with Crippen LogP contribution < -0.4 is 5.32 Å². The number of carbonyl (C=O) groups is 1. The molecule has 1 aliphatic rings. The van der Waals surface area contributed by atoms with E-state index < -0.39 is 0 Å². The van der Waals surface area contributed by atoms with Crippen LogP contribution in [0.15, 0.2) is 0 Å². The zero-order chi connectivity index (χ0) is 12.9. The van der Waals surface area contributed by atoms with Crippen molar-refractivity contribution in [2.75, 3.05) is 32.4 Å². The number of nitrogens with zero attached hydrogens (tertiary/aromatic N) is 1. The maximum Gasteiger partial charge on any atom is 0.232 e. The Kier molecular flexibility index (Phi) is 8.31. The zero-order valence-corrected chi connectivity index (χ0v) is 13.6. The maximum atomic E-state index is 12.1. The van der Waals surface area contributed by atoms with E-state index in [0.29, 0.717) is 17.6 Å². The molecule has 0 bridgehead atoms. The summed E-state index contributed by atoms with van der Waals surface area (Å²) in [6.07, 6.45) is 2.40. The smallest absolute Gasteiger partial charge is 0.232 e. The second-order valence-electron chi connectivity index (χ2n) is 5.81. The Morgan fingerprint density at radius 3 is 2.67 bits per heavy atom. The second kappa shape index (κ2) is 8.28. The highest BCUT2D eigenvalue weighted by Gasteiger charge is 2.24. The predicted octanol–water partition coefficient (Wildman–Crippen LogP) is 2.40. The van der Waals surface area contributed by atoms with Gasteiger partial charge in [0.05, 0.1) is 5.75 Å². The summed E-state index contributed by atoms with van der Waals surface area (Å²) in [4.78, 5) is 14.1. The monoisotopic (exact) mass is 294 g/mol. The van der Waals surface area contributed by atoms with Gasteiger partial charge in [-0.25, -0.2) is 0 Å². The Hall–Kier alpha value is 0.0700. The SMILES string of the molecule is CNCC1CCCN(C(=O)CSC(C)(C)C)C1.Cl. The number of rotatable bonds is 4. The third-order valence-corrected chi connectivity index (χ3v) is 4.25. The van der Waals surface area contributed by atoms with E-state index in [1.807, 2.05) is 11.9 Å². The van der Waals surface area contributed by atoms with Gasteiger partial charge in [0.1, 0.15) is 0 Å². The fourth-order valence-electron chi connectivity index (χ4n) is 2.12. The van der Waals surface area contributed by atoms with Gasteiger partial charge >= 0.3 is 0 Å². The summed E-state index contributed by atoms with van der Waals surface area (Å²) in [5.41, 5.74) is 0. The molecule has 108 valence electrons. The minimum atomic E-state index is 0. The number of carbonyl (C=O) groups excluding carboxylic acids is 1. The van der Waals surface area contributed by atoms with Crippen LogP contribution in [0.5, 0.6) is 0 Å². The summed E-state index contributed by atoms with van der Waals surface area (Å²) in [7, 11) is 1.98. The van der Waals surface area contributed by atoms with E-state index in [0.717, 1.165) is 26.1 Å². The number of hydrogen-bond donors (Lipinski definition) is 1. The molecule has 0 aromatic heterocycles. The van der Waals surface area contributed by atoms with Gasteiger partial charge in [-0.15, -0.1) is 24.2 Å². The van der Waals surface area contributed by atoms with E-state index in [9.17, 15) is 4.79 Å². The fraction of sp³-hybridized carbons (Fsp3) is 0.923. The molecule has 0 aromatic rings. The summed E-state index contributed by atoms with van der Waals surface area (Å²) in [5, 5.41) is 3.21. The molecule has 1 rings (SSSR count). The molecule has 1 unspecified atom stereocenters. The van der Waals surface area contributed by atoms with Gasteiger partial charge in [0, 0.05) is 17.8 Å². The van der Waals surface area contributed by atoms with Crippen molar-refractivity contribution in [3.8, 4) is 0 Å². The zero-order valence-electron chi connectivity index (χ0n) is 12.0. The average molecular weight is 295 g/mol. The lowest BCUT2D eigenvalue weighted by atomic mass is 9.98. The molecule has 0 radical (unpaired) electrons. The largest absolute Gasteiger partial charge is 0.342 e. The molecule has 1 amide bonds. The van der Waals surface area contributed by atoms with Crippen molar-refractivity contribution in [1.82, 2.24) is 10.2 Å². The van der Waals surface area contributed by atoms with Gasteiger partial charge < -0.3 is 10.2 Å². The standard InChI is InChI=1S/C13H26N2OS.ClH/c1-13(2,3)17-10-12(16)15-7-5-6-11(9-15)8-14-4;/h11,14H,5-10H2,1-4H3;1H. The normalized spacial score (nSPS) is 20.4. The molecular formula is C13H27ClN2OS. The number of thioether (sulfide) groups is 1. The fourth-order valence-corrected chi connectivity index (χ4v) is 2.86. The number of hydrogen-bond acceptors (Lipinski definition) is 3. The summed E-state index contributed by atoms with van der Waals surface area (Å²) in [5.74, 6) is 1.57. The van der Waals surface area contributed by atoms with Crippen LogP contribution in [-0.4, -0.2) is 48.0 Å². The number of amides is 1. The van der Waals surface area contributed by atoms with Crippen LogP contribution in [0.2, 0.25) is 0 Å². The summed E-state index contributed by atoms with van der Waals surface area (Å²) in [6.45, 7) is 9.38. The first-order valence-corrected chi connectivity index (χ1v) is 7.47. The Morgan fingerprint density at radius 1 is 1.44 bits per heavy atom. The average Bonchev–Trinajstić information content (AvgIpc) is 2.26. The van der Waals surface area contributed by atoms with Crippen molar-refractivity contribution >= 4 is 30.1 Å². The molecule has 1 heterocycles. The van der Waals surface area contributed by atoms with E-state index in [1.165, 1.54) is 6.42 Å². The number of likely N-dealkylation sites (tertiary alicyclic amines) is 1. The lowest BCUT2D eigenvalue weighted by molar-refractivity contribution is -0.130. The van der Waals surface area contributed by atoms with Crippen LogP contribution in [0.25, 0.3) is 0 Å². The highest BCUT2D eigenvalue weighted by Crippen LogP contribution is 2.24. The predicted molar refractivity (Wildman–Crippen MR) is 82.7 cm³/mol. The van der Waals surface area contributed by atoms with E-state index in [-0.39, 0.29) is 17.2 Å². The molecule has 1 fully saturated rings. The summed E-state index contributed by atoms with van der Waals surface area (Å²) < 4.78 is 0.176. The van der Waals surface area contributed by atoms with Gasteiger partial charge in [0.2, 0.25) is 5.91 Å². The van der Waals surface area contributed by atoms with Crippen LogP contribution in [0.3, 0.4) is 0 Å². The maximum absolute atomic E-state index is 12.1. The number of nitrogens with one attached hydrogen (secondary N) is 1. The van der Waals surface area contributed by atoms with Crippen LogP contribution >= 0.6 is 24.2 Å². The number of halogens is 1. The minimum Gasteiger partial charge on any atom is -0.342 e. The van der Waals surface area contributed by atoms with E-state index in [4.69, 9.17) is 0 Å². The lowest BCUT2D eigenvalue weighted by Crippen LogP contribution is -2.43. The molecule has 1 N–H and O–H groups in total. The molecule has 0 aliphatic carbocycles. The lowest BCUT2D eigenvalue weighted by Gasteiger charge is -2.33. The second-order valence-corrected chi connectivity index (χ2v) is 7.61. The van der Waals surface area contributed by atoms with E-state index in [1.54, 1.807) is 11.8 Å². The molecule has 1 saturated heterocycles. The molecule has 0 saturated carbocycles. The van der Waals surface area contributed by atoms with Gasteiger partial charge in [-0.2, -0.15) is 0 Å². The van der Waals surface area contributed by atoms with Crippen molar-refractivity contribution in [2.24, 2.45) is 5.92 Å². The summed E-state index contributed by atoms with van der Waals surface area (Å²) in [6, 6.07) is 0. The molecular weight excluding hydrogens is 268 g/mol. The molecule has 5 heteroatoms. The molecule has 3 nitrogen and oxygen atoms in total.